The lowest BCUT2D eigenvalue weighted by molar-refractivity contribution is -0.143. The van der Waals surface area contributed by atoms with Crippen LogP contribution >= 0.6 is 0 Å². The highest BCUT2D eigenvalue weighted by atomic mass is 19.1. The maximum absolute atomic E-state index is 13.7. The van der Waals surface area contributed by atoms with E-state index in [1.807, 2.05) is 30.3 Å². The van der Waals surface area contributed by atoms with Crippen LogP contribution in [0.2, 0.25) is 0 Å². The minimum absolute atomic E-state index is 0.104. The normalized spacial score (nSPS) is 14.4. The van der Waals surface area contributed by atoms with Crippen LogP contribution in [0.5, 0.6) is 11.5 Å². The summed E-state index contributed by atoms with van der Waals surface area (Å²) in [6, 6.07) is 22.0. The van der Waals surface area contributed by atoms with Crippen molar-refractivity contribution in [3.8, 4) is 11.5 Å². The summed E-state index contributed by atoms with van der Waals surface area (Å²) in [6.45, 7) is -0.0871. The highest BCUT2D eigenvalue weighted by Gasteiger charge is 2.32. The molecular formula is C31H35FN2O4. The second kappa shape index (κ2) is 13.6. The second-order valence-electron chi connectivity index (χ2n) is 9.66. The molecule has 0 spiro atoms. The molecule has 3 aromatic rings. The van der Waals surface area contributed by atoms with E-state index in [1.54, 1.807) is 48.4 Å². The SMILES string of the molecule is COc1ccc(OCC(=O)N(Cc2ccc(F)cc2)[C@H](Cc2ccccc2)C(=O)NC2CCCCC2)cc1. The molecule has 7 heteroatoms. The van der Waals surface area contributed by atoms with Crippen LogP contribution in [0.4, 0.5) is 4.39 Å². The zero-order valence-electron chi connectivity index (χ0n) is 21.8. The van der Waals surface area contributed by atoms with Gasteiger partial charge in [-0.05, 0) is 60.4 Å². The zero-order valence-corrected chi connectivity index (χ0v) is 21.8. The third-order valence-corrected chi connectivity index (χ3v) is 6.91. The topological polar surface area (TPSA) is 67.9 Å². The Balaban J connectivity index is 1.58. The number of hydrogen-bond donors (Lipinski definition) is 1. The maximum atomic E-state index is 13.7. The summed E-state index contributed by atoms with van der Waals surface area (Å²) in [4.78, 5) is 29.0. The van der Waals surface area contributed by atoms with Gasteiger partial charge in [-0.25, -0.2) is 4.39 Å². The van der Waals surface area contributed by atoms with E-state index >= 15 is 0 Å². The summed E-state index contributed by atoms with van der Waals surface area (Å²) < 4.78 is 24.6. The molecule has 200 valence electrons. The van der Waals surface area contributed by atoms with Crippen LogP contribution in [0.1, 0.15) is 43.2 Å². The van der Waals surface area contributed by atoms with Gasteiger partial charge in [0.25, 0.3) is 5.91 Å². The minimum atomic E-state index is -0.753. The maximum Gasteiger partial charge on any atom is 0.261 e. The van der Waals surface area contributed by atoms with Crippen molar-refractivity contribution in [1.82, 2.24) is 10.2 Å². The number of methoxy groups -OCH3 is 1. The Morgan fingerprint density at radius 2 is 1.55 bits per heavy atom. The van der Waals surface area contributed by atoms with Crippen molar-refractivity contribution >= 4 is 11.8 Å². The van der Waals surface area contributed by atoms with E-state index in [0.717, 1.165) is 36.8 Å². The number of rotatable bonds is 11. The zero-order chi connectivity index (χ0) is 26.7. The van der Waals surface area contributed by atoms with Gasteiger partial charge in [-0.2, -0.15) is 0 Å². The molecule has 4 rings (SSSR count). The Labute approximate surface area is 223 Å². The van der Waals surface area contributed by atoms with Crippen molar-refractivity contribution in [2.24, 2.45) is 0 Å². The summed E-state index contributed by atoms with van der Waals surface area (Å²) in [5.74, 6) is 0.340. The van der Waals surface area contributed by atoms with E-state index in [4.69, 9.17) is 9.47 Å². The molecule has 0 unspecified atom stereocenters. The van der Waals surface area contributed by atoms with Crippen LogP contribution < -0.4 is 14.8 Å². The summed E-state index contributed by atoms with van der Waals surface area (Å²) >= 11 is 0. The van der Waals surface area contributed by atoms with Crippen molar-refractivity contribution < 1.29 is 23.5 Å². The molecule has 0 radical (unpaired) electrons. The van der Waals surface area contributed by atoms with Crippen LogP contribution in [-0.2, 0) is 22.6 Å². The number of nitrogens with one attached hydrogen (secondary N) is 1. The molecule has 3 aromatic carbocycles. The smallest absolute Gasteiger partial charge is 0.261 e. The molecule has 1 atom stereocenters. The first-order valence-corrected chi connectivity index (χ1v) is 13.2. The molecule has 1 fully saturated rings. The lowest BCUT2D eigenvalue weighted by atomic mass is 9.94. The van der Waals surface area contributed by atoms with Crippen LogP contribution in [-0.4, -0.2) is 42.5 Å². The number of carbonyl (C=O) groups is 2. The quantitative estimate of drug-likeness (QED) is 0.374. The number of ether oxygens (including phenoxy) is 2. The fraction of sp³-hybridized carbons (Fsp3) is 0.355. The predicted octanol–water partition coefficient (Wildman–Crippen LogP) is 5.30. The Bertz CT molecular complexity index is 1160. The highest BCUT2D eigenvalue weighted by molar-refractivity contribution is 5.88. The molecule has 0 aromatic heterocycles. The summed E-state index contributed by atoms with van der Waals surface area (Å²) in [5.41, 5.74) is 1.68. The largest absolute Gasteiger partial charge is 0.497 e. The first-order chi connectivity index (χ1) is 18.5. The van der Waals surface area contributed by atoms with Gasteiger partial charge in [-0.1, -0.05) is 61.7 Å². The molecular weight excluding hydrogens is 483 g/mol. The van der Waals surface area contributed by atoms with Gasteiger partial charge >= 0.3 is 0 Å². The molecule has 0 heterocycles. The summed E-state index contributed by atoms with van der Waals surface area (Å²) in [7, 11) is 1.58. The molecule has 0 aliphatic heterocycles. The standard InChI is InChI=1S/C31H35FN2O4/c1-37-27-16-18-28(19-17-27)38-22-30(35)34(21-24-12-14-25(32)15-13-24)29(20-23-8-4-2-5-9-23)31(36)33-26-10-6-3-7-11-26/h2,4-5,8-9,12-19,26,29H,3,6-7,10-11,20-22H2,1H3,(H,33,36)/t29-/m1/s1. The Morgan fingerprint density at radius 3 is 2.21 bits per heavy atom. The fourth-order valence-electron chi connectivity index (χ4n) is 4.78. The number of nitrogens with zero attached hydrogens (tertiary/aromatic N) is 1. The minimum Gasteiger partial charge on any atom is -0.497 e. The average Bonchev–Trinajstić information content (AvgIpc) is 2.96. The number of carbonyl (C=O) groups excluding carboxylic acids is 2. The van der Waals surface area contributed by atoms with Crippen molar-refractivity contribution in [2.45, 2.75) is 57.2 Å². The average molecular weight is 519 g/mol. The van der Waals surface area contributed by atoms with E-state index in [9.17, 15) is 14.0 Å². The van der Waals surface area contributed by atoms with Crippen LogP contribution in [0.25, 0.3) is 0 Å². The number of amides is 2. The van der Waals surface area contributed by atoms with Gasteiger partial charge in [0, 0.05) is 19.0 Å². The molecule has 1 aliphatic carbocycles. The van der Waals surface area contributed by atoms with Crippen LogP contribution in [0.15, 0.2) is 78.9 Å². The molecule has 6 nitrogen and oxygen atoms in total. The van der Waals surface area contributed by atoms with Gasteiger partial charge < -0.3 is 19.7 Å². The third kappa shape index (κ3) is 7.81. The van der Waals surface area contributed by atoms with Crippen molar-refractivity contribution in [2.75, 3.05) is 13.7 Å². The molecule has 1 aliphatic rings. The summed E-state index contributed by atoms with van der Waals surface area (Å²) in [5, 5.41) is 3.21. The summed E-state index contributed by atoms with van der Waals surface area (Å²) in [6.07, 6.45) is 5.59. The predicted molar refractivity (Wildman–Crippen MR) is 144 cm³/mol. The van der Waals surface area contributed by atoms with E-state index in [2.05, 4.69) is 5.32 Å². The molecule has 1 N–H and O–H groups in total. The Kier molecular flexibility index (Phi) is 9.73. The number of hydrogen-bond acceptors (Lipinski definition) is 4. The Morgan fingerprint density at radius 1 is 0.895 bits per heavy atom. The van der Waals surface area contributed by atoms with Crippen LogP contribution in [0, 0.1) is 5.82 Å². The third-order valence-electron chi connectivity index (χ3n) is 6.91. The van der Waals surface area contributed by atoms with Crippen LogP contribution in [0.3, 0.4) is 0 Å². The van der Waals surface area contributed by atoms with Crippen molar-refractivity contribution in [3.05, 3.63) is 95.8 Å². The lowest BCUT2D eigenvalue weighted by Crippen LogP contribution is -2.53. The number of benzene rings is 3. The monoisotopic (exact) mass is 518 g/mol. The molecule has 2 amide bonds. The van der Waals surface area contributed by atoms with Gasteiger partial charge in [0.15, 0.2) is 6.61 Å². The van der Waals surface area contributed by atoms with Crippen molar-refractivity contribution in [3.63, 3.8) is 0 Å². The molecule has 38 heavy (non-hydrogen) atoms. The van der Waals surface area contributed by atoms with Gasteiger partial charge in [0.2, 0.25) is 5.91 Å². The van der Waals surface area contributed by atoms with E-state index in [0.29, 0.717) is 17.9 Å². The van der Waals surface area contributed by atoms with E-state index < -0.39 is 6.04 Å². The first kappa shape index (κ1) is 27.2. The second-order valence-corrected chi connectivity index (χ2v) is 9.66. The molecule has 0 bridgehead atoms. The van der Waals surface area contributed by atoms with Gasteiger partial charge in [0.05, 0.1) is 7.11 Å². The van der Waals surface area contributed by atoms with E-state index in [1.165, 1.54) is 18.6 Å². The van der Waals surface area contributed by atoms with Crippen molar-refractivity contribution in [1.29, 1.82) is 0 Å². The van der Waals surface area contributed by atoms with E-state index in [-0.39, 0.29) is 36.8 Å². The number of halogens is 1. The van der Waals surface area contributed by atoms with Gasteiger partial charge in [0.1, 0.15) is 23.4 Å². The molecule has 0 saturated heterocycles. The lowest BCUT2D eigenvalue weighted by Gasteiger charge is -2.33. The first-order valence-electron chi connectivity index (χ1n) is 13.2. The van der Waals surface area contributed by atoms with Gasteiger partial charge in [-0.3, -0.25) is 9.59 Å². The fourth-order valence-corrected chi connectivity index (χ4v) is 4.78. The van der Waals surface area contributed by atoms with Gasteiger partial charge in [-0.15, -0.1) is 0 Å². The molecule has 1 saturated carbocycles. The highest BCUT2D eigenvalue weighted by Crippen LogP contribution is 2.21. The Hall–Kier alpha value is -3.87.